The van der Waals surface area contributed by atoms with Crippen molar-refractivity contribution in [3.05, 3.63) is 65.4 Å². The second-order valence-electron chi connectivity index (χ2n) is 9.43. The monoisotopic (exact) mass is 460 g/mol. The number of likely N-dealkylation sites (N-methyl/N-ethyl adjacent to an activating group) is 1. The predicted molar refractivity (Wildman–Crippen MR) is 132 cm³/mol. The molecule has 0 saturated carbocycles. The number of nitrogens with zero attached hydrogens (tertiary/aromatic N) is 3. The van der Waals surface area contributed by atoms with Gasteiger partial charge in [0.2, 0.25) is 0 Å². The lowest BCUT2D eigenvalue weighted by molar-refractivity contribution is -0.133. The minimum Gasteiger partial charge on any atom is -0.494 e. The highest BCUT2D eigenvalue weighted by Crippen LogP contribution is 2.48. The first-order valence-electron chi connectivity index (χ1n) is 12.0. The second kappa shape index (κ2) is 8.47. The molecule has 2 aliphatic rings. The molecular formula is C27H32N4O3. The van der Waals surface area contributed by atoms with E-state index in [1.54, 1.807) is 4.90 Å². The number of aromatic nitrogens is 1. The van der Waals surface area contributed by atoms with Crippen molar-refractivity contribution in [1.82, 2.24) is 19.7 Å². The van der Waals surface area contributed by atoms with Gasteiger partial charge >= 0.3 is 6.03 Å². The van der Waals surface area contributed by atoms with E-state index >= 15 is 0 Å². The number of hydrogen-bond donors (Lipinski definition) is 1. The molecular weight excluding hydrogens is 428 g/mol. The number of amides is 3. The summed E-state index contributed by atoms with van der Waals surface area (Å²) in [5.74, 6) is 0.683. The molecule has 2 aliphatic heterocycles. The number of carbonyl (C=O) groups excluding carboxylic acids is 2. The normalized spacial score (nSPS) is 22.0. The third-order valence-corrected chi connectivity index (χ3v) is 7.31. The van der Waals surface area contributed by atoms with Crippen molar-refractivity contribution in [2.75, 3.05) is 33.3 Å². The molecule has 1 fully saturated rings. The molecule has 0 bridgehead atoms. The Labute approximate surface area is 200 Å². The van der Waals surface area contributed by atoms with Gasteiger partial charge in [-0.05, 0) is 56.8 Å². The maximum absolute atomic E-state index is 13.8. The van der Waals surface area contributed by atoms with E-state index in [-0.39, 0.29) is 18.0 Å². The molecule has 0 radical (unpaired) electrons. The van der Waals surface area contributed by atoms with Gasteiger partial charge in [0.05, 0.1) is 6.61 Å². The highest BCUT2D eigenvalue weighted by Gasteiger charge is 2.60. The van der Waals surface area contributed by atoms with Crippen LogP contribution in [0.5, 0.6) is 5.75 Å². The van der Waals surface area contributed by atoms with Crippen molar-refractivity contribution in [1.29, 1.82) is 0 Å². The molecule has 2 aromatic carbocycles. The Morgan fingerprint density at radius 1 is 1.15 bits per heavy atom. The summed E-state index contributed by atoms with van der Waals surface area (Å²) in [6.07, 6.45) is 0.464. The SMILES string of the molecule is CCOc1ccc2[nH]c3c(c2c1)C[C@@]1(C)C(=O)N(CCN(C)CC)C(=O)N1[C@@H]3c1ccccc1. The molecule has 0 unspecified atom stereocenters. The number of urea groups is 1. The van der Waals surface area contributed by atoms with Crippen LogP contribution in [-0.4, -0.2) is 70.4 Å². The number of H-pyrrole nitrogens is 1. The van der Waals surface area contributed by atoms with Gasteiger partial charge in [0, 0.05) is 36.1 Å². The fraction of sp³-hybridized carbons (Fsp3) is 0.407. The summed E-state index contributed by atoms with van der Waals surface area (Å²) >= 11 is 0. The zero-order chi connectivity index (χ0) is 24.0. The fourth-order valence-electron chi connectivity index (χ4n) is 5.36. The van der Waals surface area contributed by atoms with Crippen LogP contribution >= 0.6 is 0 Å². The number of carbonyl (C=O) groups is 2. The minimum atomic E-state index is -0.952. The number of hydrogen-bond acceptors (Lipinski definition) is 4. The van der Waals surface area contributed by atoms with Crippen LogP contribution < -0.4 is 4.74 Å². The molecule has 5 rings (SSSR count). The Balaban J connectivity index is 1.65. The summed E-state index contributed by atoms with van der Waals surface area (Å²) in [6.45, 7) is 8.44. The number of aromatic amines is 1. The van der Waals surface area contributed by atoms with E-state index < -0.39 is 5.54 Å². The molecule has 3 heterocycles. The van der Waals surface area contributed by atoms with Crippen LogP contribution in [0.2, 0.25) is 0 Å². The summed E-state index contributed by atoms with van der Waals surface area (Å²) in [5, 5.41) is 1.05. The zero-order valence-electron chi connectivity index (χ0n) is 20.3. The number of imide groups is 1. The van der Waals surface area contributed by atoms with Crippen LogP contribution in [0.3, 0.4) is 0 Å². The maximum atomic E-state index is 13.8. The van der Waals surface area contributed by atoms with E-state index in [1.807, 2.05) is 69.4 Å². The number of ether oxygens (including phenoxy) is 1. The Morgan fingerprint density at radius 2 is 1.91 bits per heavy atom. The van der Waals surface area contributed by atoms with Crippen LogP contribution in [-0.2, 0) is 11.2 Å². The van der Waals surface area contributed by atoms with Gasteiger partial charge in [-0.1, -0.05) is 37.3 Å². The van der Waals surface area contributed by atoms with Crippen LogP contribution in [0.25, 0.3) is 10.9 Å². The lowest BCUT2D eigenvalue weighted by Gasteiger charge is -2.42. The Bertz CT molecular complexity index is 1240. The summed E-state index contributed by atoms with van der Waals surface area (Å²) in [5.41, 5.74) is 3.07. The first kappa shape index (κ1) is 22.5. The molecule has 3 aromatic rings. The third kappa shape index (κ3) is 3.38. The molecule has 2 atom stereocenters. The van der Waals surface area contributed by atoms with Gasteiger partial charge in [0.15, 0.2) is 0 Å². The Kier molecular flexibility index (Phi) is 5.60. The molecule has 3 amide bonds. The molecule has 1 aromatic heterocycles. The van der Waals surface area contributed by atoms with Crippen molar-refractivity contribution in [2.24, 2.45) is 0 Å². The van der Waals surface area contributed by atoms with Crippen molar-refractivity contribution >= 4 is 22.8 Å². The van der Waals surface area contributed by atoms with Crippen LogP contribution in [0.1, 0.15) is 43.6 Å². The third-order valence-electron chi connectivity index (χ3n) is 7.31. The van der Waals surface area contributed by atoms with Crippen LogP contribution in [0.15, 0.2) is 48.5 Å². The van der Waals surface area contributed by atoms with Gasteiger partial charge in [-0.15, -0.1) is 0 Å². The molecule has 1 saturated heterocycles. The lowest BCUT2D eigenvalue weighted by atomic mass is 9.81. The van der Waals surface area contributed by atoms with Gasteiger partial charge in [-0.2, -0.15) is 0 Å². The number of rotatable bonds is 7. The second-order valence-corrected chi connectivity index (χ2v) is 9.43. The largest absolute Gasteiger partial charge is 0.494 e. The first-order chi connectivity index (χ1) is 16.4. The summed E-state index contributed by atoms with van der Waals surface area (Å²) in [7, 11) is 2.00. The maximum Gasteiger partial charge on any atom is 0.328 e. The fourth-order valence-corrected chi connectivity index (χ4v) is 5.36. The Morgan fingerprint density at radius 3 is 2.62 bits per heavy atom. The van der Waals surface area contributed by atoms with Crippen molar-refractivity contribution in [3.63, 3.8) is 0 Å². The minimum absolute atomic E-state index is 0.121. The van der Waals surface area contributed by atoms with Crippen molar-refractivity contribution in [2.45, 2.75) is 38.8 Å². The van der Waals surface area contributed by atoms with Gasteiger partial charge in [0.25, 0.3) is 5.91 Å². The molecule has 34 heavy (non-hydrogen) atoms. The smallest absolute Gasteiger partial charge is 0.328 e. The highest BCUT2D eigenvalue weighted by atomic mass is 16.5. The van der Waals surface area contributed by atoms with E-state index in [1.165, 1.54) is 4.90 Å². The van der Waals surface area contributed by atoms with Gasteiger partial charge in [-0.25, -0.2) is 4.79 Å². The van der Waals surface area contributed by atoms with Crippen molar-refractivity contribution < 1.29 is 14.3 Å². The van der Waals surface area contributed by atoms with Gasteiger partial charge < -0.3 is 14.6 Å². The van der Waals surface area contributed by atoms with Gasteiger partial charge in [0.1, 0.15) is 17.3 Å². The average Bonchev–Trinajstić information content (AvgIpc) is 3.28. The van der Waals surface area contributed by atoms with E-state index in [0.29, 0.717) is 26.1 Å². The number of nitrogens with one attached hydrogen (secondary N) is 1. The number of fused-ring (bicyclic) bond motifs is 4. The molecule has 178 valence electrons. The molecule has 7 heteroatoms. The van der Waals surface area contributed by atoms with E-state index in [9.17, 15) is 9.59 Å². The lowest BCUT2D eigenvalue weighted by Crippen LogP contribution is -2.53. The summed E-state index contributed by atoms with van der Waals surface area (Å²) in [6, 6.07) is 15.4. The van der Waals surface area contributed by atoms with E-state index in [4.69, 9.17) is 4.74 Å². The van der Waals surface area contributed by atoms with Crippen LogP contribution in [0.4, 0.5) is 4.79 Å². The van der Waals surface area contributed by atoms with Crippen LogP contribution in [0, 0.1) is 0 Å². The van der Waals surface area contributed by atoms with Gasteiger partial charge in [-0.3, -0.25) is 14.6 Å². The molecule has 7 nitrogen and oxygen atoms in total. The van der Waals surface area contributed by atoms with E-state index in [2.05, 4.69) is 16.8 Å². The summed E-state index contributed by atoms with van der Waals surface area (Å²) in [4.78, 5) is 36.5. The average molecular weight is 461 g/mol. The first-order valence-corrected chi connectivity index (χ1v) is 12.0. The molecule has 0 aliphatic carbocycles. The zero-order valence-corrected chi connectivity index (χ0v) is 20.3. The summed E-state index contributed by atoms with van der Waals surface area (Å²) < 4.78 is 5.76. The van der Waals surface area contributed by atoms with Crippen molar-refractivity contribution in [3.8, 4) is 5.75 Å². The standard InChI is InChI=1S/C27H32N4O3/c1-5-29(4)14-15-30-25(32)27(3)17-21-20-16-19(34-6-2)12-13-22(20)28-23(21)24(31(27)26(30)33)18-10-8-7-9-11-18/h7-13,16,24,28H,5-6,14-15,17H2,1-4H3/t24-,27+/m1/s1. The Hall–Kier alpha value is -3.32. The topological polar surface area (TPSA) is 68.9 Å². The number of benzene rings is 2. The van der Waals surface area contributed by atoms with E-state index in [0.717, 1.165) is 40.0 Å². The predicted octanol–water partition coefficient (Wildman–Crippen LogP) is 4.19. The quantitative estimate of drug-likeness (QED) is 0.537. The highest BCUT2D eigenvalue weighted by molar-refractivity contribution is 6.08. The molecule has 0 spiro atoms. The molecule has 1 N–H and O–H groups in total.